The smallest absolute Gasteiger partial charge is 0.227 e. The van der Waals surface area contributed by atoms with Gasteiger partial charge in [-0.3, -0.25) is 4.79 Å². The Hall–Kier alpha value is -1.79. The van der Waals surface area contributed by atoms with Gasteiger partial charge in [0.05, 0.1) is 0 Å². The summed E-state index contributed by atoms with van der Waals surface area (Å²) in [5.74, 6) is 1.88. The van der Waals surface area contributed by atoms with E-state index in [-0.39, 0.29) is 17.2 Å². The predicted molar refractivity (Wildman–Crippen MR) is 119 cm³/mol. The third-order valence-electron chi connectivity index (χ3n) is 5.46. The lowest BCUT2D eigenvalue weighted by molar-refractivity contribution is -0.118. The van der Waals surface area contributed by atoms with Gasteiger partial charge in [-0.25, -0.2) is 4.68 Å². The minimum absolute atomic E-state index is 0.0677. The van der Waals surface area contributed by atoms with Gasteiger partial charge in [0.1, 0.15) is 6.04 Å². The number of unbranched alkanes of at least 4 members (excludes halogenated alkanes) is 2. The number of carbonyl (C=O) groups is 1. The molecule has 4 rings (SSSR count). The molecule has 1 aromatic heterocycles. The molecule has 1 aromatic carbocycles. The van der Waals surface area contributed by atoms with Crippen molar-refractivity contribution in [2.45, 2.75) is 64.1 Å². The highest BCUT2D eigenvalue weighted by Gasteiger charge is 2.41. The number of rotatable bonds is 6. The molecular formula is C22H27ClN4OS. The van der Waals surface area contributed by atoms with Crippen molar-refractivity contribution >= 4 is 35.1 Å². The highest BCUT2D eigenvalue weighted by atomic mass is 35.5. The van der Waals surface area contributed by atoms with Crippen LogP contribution >= 0.6 is 23.4 Å². The van der Waals surface area contributed by atoms with E-state index < -0.39 is 0 Å². The summed E-state index contributed by atoms with van der Waals surface area (Å²) in [6.45, 7) is 6.48. The molecule has 154 valence electrons. The fourth-order valence-electron chi connectivity index (χ4n) is 4.15. The summed E-state index contributed by atoms with van der Waals surface area (Å²) in [5, 5.41) is 9.60. The zero-order chi connectivity index (χ0) is 20.6. The van der Waals surface area contributed by atoms with Crippen molar-refractivity contribution in [3.8, 4) is 0 Å². The summed E-state index contributed by atoms with van der Waals surface area (Å²) in [4.78, 5) is 17.9. The monoisotopic (exact) mass is 430 g/mol. The Morgan fingerprint density at radius 3 is 2.90 bits per heavy atom. The van der Waals surface area contributed by atoms with Crippen LogP contribution in [0.4, 0.5) is 5.95 Å². The largest absolute Gasteiger partial charge is 0.328 e. The van der Waals surface area contributed by atoms with E-state index >= 15 is 0 Å². The van der Waals surface area contributed by atoms with Gasteiger partial charge in [-0.15, -0.1) is 5.10 Å². The first-order chi connectivity index (χ1) is 13.9. The number of aromatic nitrogens is 3. The molecule has 0 amide bonds. The first-order valence-electron chi connectivity index (χ1n) is 10.3. The summed E-state index contributed by atoms with van der Waals surface area (Å²) < 4.78 is 1.86. The predicted octanol–water partition coefficient (Wildman–Crippen LogP) is 5.87. The Morgan fingerprint density at radius 1 is 1.31 bits per heavy atom. The quantitative estimate of drug-likeness (QED) is 0.458. The van der Waals surface area contributed by atoms with Crippen LogP contribution in [-0.2, 0) is 4.79 Å². The maximum atomic E-state index is 13.2. The summed E-state index contributed by atoms with van der Waals surface area (Å²) in [7, 11) is 0. The molecule has 1 aliphatic heterocycles. The van der Waals surface area contributed by atoms with Crippen molar-refractivity contribution in [3.63, 3.8) is 0 Å². The number of fused-ring (bicyclic) bond motifs is 1. The number of Topliss-reactive ketones (excluding diaryl/α,β-unsaturated/α-hetero) is 1. The van der Waals surface area contributed by atoms with E-state index in [1.165, 1.54) is 12.8 Å². The Labute approximate surface area is 181 Å². The first-order valence-corrected chi connectivity index (χ1v) is 11.6. The van der Waals surface area contributed by atoms with Gasteiger partial charge in [0, 0.05) is 28.5 Å². The number of halogens is 1. The standard InChI is InChI=1S/C22H27ClN4OS/c1-4-5-6-10-29-21-25-20-24-16-12-22(2,3)13-17(28)18(16)19(27(20)26-21)14-8-7-9-15(23)11-14/h7-9,11,19H,4-6,10,12-13H2,1-3H3,(H,24,25,26)/t19-/m0/s1. The Kier molecular flexibility index (Phi) is 5.76. The van der Waals surface area contributed by atoms with E-state index in [0.717, 1.165) is 40.6 Å². The molecule has 0 saturated heterocycles. The molecule has 7 heteroatoms. The lowest BCUT2D eigenvalue weighted by atomic mass is 9.73. The van der Waals surface area contributed by atoms with Crippen LogP contribution in [-0.4, -0.2) is 26.3 Å². The first kappa shape index (κ1) is 20.5. The van der Waals surface area contributed by atoms with Gasteiger partial charge in [0.25, 0.3) is 0 Å². The van der Waals surface area contributed by atoms with Crippen molar-refractivity contribution < 1.29 is 4.79 Å². The van der Waals surface area contributed by atoms with E-state index in [9.17, 15) is 4.79 Å². The number of hydrogen-bond donors (Lipinski definition) is 1. The maximum absolute atomic E-state index is 13.2. The number of hydrogen-bond acceptors (Lipinski definition) is 5. The molecule has 0 unspecified atom stereocenters. The van der Waals surface area contributed by atoms with Gasteiger partial charge in [-0.1, -0.05) is 69.1 Å². The zero-order valence-corrected chi connectivity index (χ0v) is 18.7. The fourth-order valence-corrected chi connectivity index (χ4v) is 5.18. The van der Waals surface area contributed by atoms with Crippen LogP contribution in [0.2, 0.25) is 5.02 Å². The third kappa shape index (κ3) is 4.24. The highest BCUT2D eigenvalue weighted by molar-refractivity contribution is 7.99. The summed E-state index contributed by atoms with van der Waals surface area (Å²) >= 11 is 7.96. The minimum Gasteiger partial charge on any atom is -0.328 e. The van der Waals surface area contributed by atoms with Crippen LogP contribution in [0.3, 0.4) is 0 Å². The van der Waals surface area contributed by atoms with E-state index in [2.05, 4.69) is 26.1 Å². The molecule has 1 atom stereocenters. The summed E-state index contributed by atoms with van der Waals surface area (Å²) in [5.41, 5.74) is 2.67. The number of benzene rings is 1. The highest BCUT2D eigenvalue weighted by Crippen LogP contribution is 2.45. The number of carbonyl (C=O) groups excluding carboxylic acids is 1. The van der Waals surface area contributed by atoms with Crippen molar-refractivity contribution in [2.24, 2.45) is 5.41 Å². The molecule has 0 fully saturated rings. The molecule has 1 N–H and O–H groups in total. The molecule has 2 heterocycles. The Bertz CT molecular complexity index is 965. The van der Waals surface area contributed by atoms with Crippen molar-refractivity contribution in [1.82, 2.24) is 14.8 Å². The van der Waals surface area contributed by atoms with E-state index in [0.29, 0.717) is 17.4 Å². The number of allylic oxidation sites excluding steroid dienone is 2. The number of anilines is 1. The zero-order valence-electron chi connectivity index (χ0n) is 17.2. The second-order valence-corrected chi connectivity index (χ2v) is 10.1. The molecule has 0 saturated carbocycles. The van der Waals surface area contributed by atoms with Crippen molar-refractivity contribution in [3.05, 3.63) is 46.1 Å². The van der Waals surface area contributed by atoms with Crippen LogP contribution in [0.1, 0.15) is 64.5 Å². The normalized spacial score (nSPS) is 20.3. The Balaban J connectivity index is 1.74. The average Bonchev–Trinajstić information content (AvgIpc) is 3.05. The Morgan fingerprint density at radius 2 is 2.14 bits per heavy atom. The van der Waals surface area contributed by atoms with Crippen molar-refractivity contribution in [2.75, 3.05) is 11.1 Å². The van der Waals surface area contributed by atoms with Gasteiger partial charge >= 0.3 is 0 Å². The second kappa shape index (κ2) is 8.15. The van der Waals surface area contributed by atoms with Crippen molar-refractivity contribution in [1.29, 1.82) is 0 Å². The SMILES string of the molecule is CCCCCSc1nc2n(n1)[C@@H](c1cccc(Cl)c1)C1=C(CC(C)(C)CC1=O)N2. The van der Waals surface area contributed by atoms with Gasteiger partial charge in [-0.2, -0.15) is 4.98 Å². The molecule has 1 aliphatic carbocycles. The number of nitrogens with one attached hydrogen (secondary N) is 1. The molecule has 5 nitrogen and oxygen atoms in total. The van der Waals surface area contributed by atoms with E-state index in [1.807, 2.05) is 28.9 Å². The minimum atomic E-state index is -0.291. The van der Waals surface area contributed by atoms with Gasteiger partial charge in [-0.05, 0) is 36.0 Å². The number of thioether (sulfide) groups is 1. The molecule has 2 aromatic rings. The summed E-state index contributed by atoms with van der Waals surface area (Å²) in [6, 6.07) is 7.42. The van der Waals surface area contributed by atoms with Crippen LogP contribution in [0.15, 0.2) is 40.7 Å². The third-order valence-corrected chi connectivity index (χ3v) is 6.61. The molecule has 0 bridgehead atoms. The molecule has 0 radical (unpaired) electrons. The van der Waals surface area contributed by atoms with Crippen LogP contribution in [0.25, 0.3) is 0 Å². The molecular weight excluding hydrogens is 404 g/mol. The van der Waals surface area contributed by atoms with Crippen LogP contribution in [0.5, 0.6) is 0 Å². The van der Waals surface area contributed by atoms with Gasteiger partial charge < -0.3 is 5.32 Å². The fraction of sp³-hybridized carbons (Fsp3) is 0.500. The molecule has 0 spiro atoms. The second-order valence-electron chi connectivity index (χ2n) is 8.63. The van der Waals surface area contributed by atoms with Gasteiger partial charge in [0.15, 0.2) is 5.78 Å². The molecule has 29 heavy (non-hydrogen) atoms. The number of nitrogens with zero attached hydrogens (tertiary/aromatic N) is 3. The van der Waals surface area contributed by atoms with E-state index in [1.54, 1.807) is 11.8 Å². The van der Waals surface area contributed by atoms with Gasteiger partial charge in [0.2, 0.25) is 11.1 Å². The summed E-state index contributed by atoms with van der Waals surface area (Å²) in [6.07, 6.45) is 4.91. The molecule has 2 aliphatic rings. The topological polar surface area (TPSA) is 59.8 Å². The number of ketones is 1. The lowest BCUT2D eigenvalue weighted by Crippen LogP contribution is -2.36. The van der Waals surface area contributed by atoms with Crippen LogP contribution < -0.4 is 5.32 Å². The van der Waals surface area contributed by atoms with Crippen LogP contribution in [0, 0.1) is 5.41 Å². The lowest BCUT2D eigenvalue weighted by Gasteiger charge is -2.38. The maximum Gasteiger partial charge on any atom is 0.227 e. The van der Waals surface area contributed by atoms with E-state index in [4.69, 9.17) is 21.7 Å². The average molecular weight is 431 g/mol.